The third kappa shape index (κ3) is 102. The van der Waals surface area contributed by atoms with Crippen molar-refractivity contribution in [2.45, 2.75) is 495 Å². The molecule has 0 heterocycles. The average molecular weight is 1830 g/mol. The maximum atomic E-state index is 11.8. The van der Waals surface area contributed by atoms with Gasteiger partial charge in [-0.3, -0.25) is 38.4 Å². The molecule has 0 bridgehead atoms. The monoisotopic (exact) mass is 1830 g/mol. The van der Waals surface area contributed by atoms with E-state index in [4.69, 9.17) is 51.4 Å². The molecule has 0 aromatic heterocycles. The summed E-state index contributed by atoms with van der Waals surface area (Å²) < 4.78 is 39.9. The number of rotatable bonds is 89. The standard InChI is InChI=1S/C27H54N2O5.C26H52N2O5.C25H50N2O5.C22H44N2O5/c1-3-5-6-7-8-9-10-11-12-13-14-15-16-20-26(31)34-23-24(30)22-29-21-18-17-19-25(28)27(32)33-4-2;1-3-4-5-6-7-8-9-10-11-12-13-14-15-19-25(30)33-22-23(29)21-28-20-17-16-18-24(27)26(31)32-2;1-5-6-7-8-9-10-11-12-13-17-23(29)31-20-21(28)19-27-18-15-14-16-22(26)24(30)32-25(2,3)4;1-3-4-5-6-7-8-9-10-11-15-21(26)29-18-19(25)17-24-16-13-12-14-20(23)22(27)28-2/h24-25,29-30H,3-23,28H2,1-2H3;23-24,28-29H,3-22,27H2,1-2H3;21-22,27-28H,5-20,26H2,1-4H3;19-20,24-25H,3-18,23H2,1-2H3. The Bertz CT molecular complexity index is 2480. The molecule has 8 unspecified atom stereocenters. The Morgan fingerprint density at radius 1 is 0.258 bits per heavy atom. The Balaban J connectivity index is -0.000000802. The van der Waals surface area contributed by atoms with Gasteiger partial charge in [-0.15, -0.1) is 0 Å². The number of carbonyl (C=O) groups is 8. The highest BCUT2D eigenvalue weighted by molar-refractivity contribution is 5.77. The smallest absolute Gasteiger partial charge is 0.323 e. The van der Waals surface area contributed by atoms with Crippen molar-refractivity contribution in [3.05, 3.63) is 0 Å². The first-order chi connectivity index (χ1) is 61.7. The molecule has 0 aliphatic heterocycles. The lowest BCUT2D eigenvalue weighted by Gasteiger charge is -2.22. The number of carbonyl (C=O) groups excluding carboxylic acids is 8. The van der Waals surface area contributed by atoms with Gasteiger partial charge in [0.05, 0.1) is 20.8 Å². The molecule has 0 rings (SSSR count). The number of aliphatic hydroxyl groups excluding tert-OH is 4. The van der Waals surface area contributed by atoms with Crippen molar-refractivity contribution in [2.24, 2.45) is 22.9 Å². The quantitative estimate of drug-likeness (QED) is 0.0153. The Morgan fingerprint density at radius 2 is 0.445 bits per heavy atom. The fourth-order valence-electron chi connectivity index (χ4n) is 13.9. The van der Waals surface area contributed by atoms with Gasteiger partial charge in [0.2, 0.25) is 0 Å². The average Bonchev–Trinajstić information content (AvgIpc) is 0.916. The molecule has 28 heteroatoms. The van der Waals surface area contributed by atoms with Gasteiger partial charge < -0.3 is 103 Å². The summed E-state index contributed by atoms with van der Waals surface area (Å²) >= 11 is 0. The summed E-state index contributed by atoms with van der Waals surface area (Å²) in [4.78, 5) is 92.7. The van der Waals surface area contributed by atoms with Gasteiger partial charge in [0.1, 0.15) is 80.6 Å². The number of hydrogen-bond acceptors (Lipinski definition) is 28. The van der Waals surface area contributed by atoms with E-state index in [1.807, 2.05) is 20.8 Å². The zero-order chi connectivity index (χ0) is 95.8. The van der Waals surface area contributed by atoms with E-state index < -0.39 is 60.2 Å². The van der Waals surface area contributed by atoms with Gasteiger partial charge in [-0.05, 0) is 131 Å². The van der Waals surface area contributed by atoms with Crippen LogP contribution in [0.15, 0.2) is 0 Å². The molecule has 0 saturated carbocycles. The van der Waals surface area contributed by atoms with Crippen LogP contribution in [-0.4, -0.2) is 222 Å². The molecule has 0 amide bonds. The summed E-state index contributed by atoms with van der Waals surface area (Å²) in [6.07, 6.45) is 62.7. The van der Waals surface area contributed by atoms with Crippen LogP contribution in [-0.2, 0) is 76.3 Å². The van der Waals surface area contributed by atoms with E-state index >= 15 is 0 Å². The molecule has 0 aliphatic carbocycles. The predicted octanol–water partition coefficient (Wildman–Crippen LogP) is 17.0. The van der Waals surface area contributed by atoms with E-state index in [-0.39, 0.29) is 68.2 Å². The molecule has 0 aromatic rings. The summed E-state index contributed by atoms with van der Waals surface area (Å²) in [7, 11) is 2.66. The Morgan fingerprint density at radius 3 is 0.633 bits per heavy atom. The number of aliphatic hydroxyl groups is 4. The molecule has 28 nitrogen and oxygen atoms in total. The van der Waals surface area contributed by atoms with Gasteiger partial charge in [0.15, 0.2) is 0 Å². The maximum absolute atomic E-state index is 11.8. The molecule has 128 heavy (non-hydrogen) atoms. The minimum absolute atomic E-state index is 0.0206. The Hall–Kier alpha value is -4.72. The zero-order valence-corrected chi connectivity index (χ0v) is 83.4. The zero-order valence-electron chi connectivity index (χ0n) is 83.4. The summed E-state index contributed by atoms with van der Waals surface area (Å²) in [6.45, 7) is 20.9. The van der Waals surface area contributed by atoms with E-state index in [0.717, 1.165) is 103 Å². The van der Waals surface area contributed by atoms with Crippen molar-refractivity contribution >= 4 is 47.8 Å². The van der Waals surface area contributed by atoms with Crippen LogP contribution in [0.3, 0.4) is 0 Å². The van der Waals surface area contributed by atoms with Gasteiger partial charge in [-0.2, -0.15) is 0 Å². The topological polar surface area (TPSA) is 444 Å². The van der Waals surface area contributed by atoms with Crippen molar-refractivity contribution in [1.29, 1.82) is 0 Å². The Kier molecular flexibility index (Phi) is 101. The summed E-state index contributed by atoms with van der Waals surface area (Å²) in [5.74, 6) is -2.43. The number of nitrogens with two attached hydrogens (primary N) is 4. The van der Waals surface area contributed by atoms with Gasteiger partial charge in [0.25, 0.3) is 0 Å². The lowest BCUT2D eigenvalue weighted by molar-refractivity contribution is -0.157. The van der Waals surface area contributed by atoms with Gasteiger partial charge in [-0.25, -0.2) is 0 Å². The third-order valence-electron chi connectivity index (χ3n) is 22.0. The second-order valence-corrected chi connectivity index (χ2v) is 36.0. The van der Waals surface area contributed by atoms with Crippen molar-refractivity contribution < 1.29 is 96.7 Å². The highest BCUT2D eigenvalue weighted by Crippen LogP contribution is 2.19. The maximum Gasteiger partial charge on any atom is 0.323 e. The van der Waals surface area contributed by atoms with Crippen LogP contribution < -0.4 is 44.2 Å². The fraction of sp³-hybridized carbons (Fsp3) is 0.920. The largest absolute Gasteiger partial charge is 0.468 e. The normalized spacial score (nSPS) is 13.1. The fourth-order valence-corrected chi connectivity index (χ4v) is 13.9. The lowest BCUT2D eigenvalue weighted by atomic mass is 10.0. The molecule has 760 valence electrons. The number of methoxy groups -OCH3 is 2. The van der Waals surface area contributed by atoms with Gasteiger partial charge in [-0.1, -0.05) is 310 Å². The number of ether oxygens (including phenoxy) is 8. The number of hydrogen-bond donors (Lipinski definition) is 12. The summed E-state index contributed by atoms with van der Waals surface area (Å²) in [6, 6.07) is -2.32. The van der Waals surface area contributed by atoms with Gasteiger partial charge >= 0.3 is 47.8 Å². The molecular weight excluding hydrogens is 1630 g/mol. The van der Waals surface area contributed by atoms with Crippen molar-refractivity contribution in [2.75, 3.05) is 99.6 Å². The first-order valence-corrected chi connectivity index (χ1v) is 51.4. The summed E-state index contributed by atoms with van der Waals surface area (Å²) in [5.41, 5.74) is 22.4. The predicted molar refractivity (Wildman–Crippen MR) is 517 cm³/mol. The Labute approximate surface area is 779 Å². The number of nitrogens with one attached hydrogen (secondary N) is 4. The first-order valence-electron chi connectivity index (χ1n) is 51.4. The molecule has 0 saturated heterocycles. The van der Waals surface area contributed by atoms with Crippen LogP contribution in [0.5, 0.6) is 0 Å². The van der Waals surface area contributed by atoms with Crippen molar-refractivity contribution in [3.63, 3.8) is 0 Å². The van der Waals surface area contributed by atoms with Gasteiger partial charge in [0, 0.05) is 51.9 Å². The minimum atomic E-state index is -0.717. The van der Waals surface area contributed by atoms with Crippen LogP contribution in [0.1, 0.15) is 441 Å². The van der Waals surface area contributed by atoms with E-state index in [1.165, 1.54) is 245 Å². The minimum Gasteiger partial charge on any atom is -0.468 e. The molecule has 0 radical (unpaired) electrons. The van der Waals surface area contributed by atoms with Crippen molar-refractivity contribution in [3.8, 4) is 0 Å². The SMILES string of the molecule is CCCCCCCCCCCC(=O)OCC(O)CNCCCCC(N)C(=O)OC.CCCCCCCCCCCC(=O)OCC(O)CNCCCCC(N)C(=O)OC(C)(C)C.CCCCCCCCCCCCCCCC(=O)OCC(O)CNCCCCC(N)C(=O)OC.CCCCCCCCCCCCCCCC(=O)OCC(O)CNCCCCC(N)C(=O)OCC. The van der Waals surface area contributed by atoms with Crippen molar-refractivity contribution in [1.82, 2.24) is 21.3 Å². The van der Waals surface area contributed by atoms with E-state index in [1.54, 1.807) is 6.92 Å². The number of esters is 8. The second kappa shape index (κ2) is 99.7. The highest BCUT2D eigenvalue weighted by Gasteiger charge is 2.23. The molecule has 16 N–H and O–H groups in total. The molecular formula is C100H200N8O20. The third-order valence-corrected chi connectivity index (χ3v) is 22.0. The van der Waals surface area contributed by atoms with Crippen LogP contribution in [0.4, 0.5) is 0 Å². The second-order valence-electron chi connectivity index (χ2n) is 36.0. The molecule has 0 aliphatic rings. The van der Waals surface area contributed by atoms with Crippen LogP contribution in [0, 0.1) is 0 Å². The number of unbranched alkanes of at least 4 members (excludes halogenated alkanes) is 44. The molecule has 0 fully saturated rings. The molecule has 0 aromatic carbocycles. The molecule has 0 spiro atoms. The van der Waals surface area contributed by atoms with Crippen LogP contribution in [0.2, 0.25) is 0 Å². The van der Waals surface area contributed by atoms with Crippen LogP contribution >= 0.6 is 0 Å². The van der Waals surface area contributed by atoms with E-state index in [9.17, 15) is 58.8 Å². The van der Waals surface area contributed by atoms with E-state index in [0.29, 0.717) is 110 Å². The van der Waals surface area contributed by atoms with Crippen LogP contribution in [0.25, 0.3) is 0 Å². The highest BCUT2D eigenvalue weighted by atomic mass is 16.6. The van der Waals surface area contributed by atoms with E-state index in [2.05, 4.69) is 58.4 Å². The molecule has 8 atom stereocenters. The lowest BCUT2D eigenvalue weighted by Crippen LogP contribution is -2.37. The summed E-state index contributed by atoms with van der Waals surface area (Å²) in [5, 5.41) is 52.1. The first kappa shape index (κ1) is 130.